The first kappa shape index (κ1) is 18.7. The molecule has 1 heterocycles. The van der Waals surface area contributed by atoms with Crippen LogP contribution in [-0.2, 0) is 4.74 Å². The molecule has 1 atom stereocenters. The van der Waals surface area contributed by atoms with Crippen molar-refractivity contribution in [1.29, 1.82) is 0 Å². The summed E-state index contributed by atoms with van der Waals surface area (Å²) in [5, 5.41) is 0. The molecule has 0 unspecified atom stereocenters. The summed E-state index contributed by atoms with van der Waals surface area (Å²) in [6.45, 7) is 8.69. The predicted octanol–water partition coefficient (Wildman–Crippen LogP) is 4.64. The Balaban J connectivity index is 2.14. The van der Waals surface area contributed by atoms with Gasteiger partial charge in [-0.2, -0.15) is 0 Å². The quantitative estimate of drug-likeness (QED) is 0.642. The number of carbonyl (C=O) groups is 1. The van der Waals surface area contributed by atoms with E-state index in [-0.39, 0.29) is 18.4 Å². The number of carbonyl (C=O) groups excluding carboxylic acids is 1. The van der Waals surface area contributed by atoms with E-state index in [4.69, 9.17) is 9.47 Å². The molecule has 0 radical (unpaired) electrons. The Hall–Kier alpha value is -1.59. The first-order valence-electron chi connectivity index (χ1n) is 7.94. The molecule has 0 aliphatic heterocycles. The number of ketones is 1. The Kier molecular flexibility index (Phi) is 6.24. The lowest BCUT2D eigenvalue weighted by Crippen LogP contribution is -2.16. The molecule has 0 saturated heterocycles. The lowest BCUT2D eigenvalue weighted by molar-refractivity contribution is 0.0920. The molecule has 2 rings (SSSR count). The van der Waals surface area contributed by atoms with Gasteiger partial charge in [-0.15, -0.1) is 0 Å². The Labute approximate surface area is 151 Å². The van der Waals surface area contributed by atoms with Crippen LogP contribution >= 0.6 is 15.9 Å². The second kappa shape index (κ2) is 7.99. The number of halogens is 1. The molecule has 5 heteroatoms. The maximum atomic E-state index is 12.6. The van der Waals surface area contributed by atoms with Crippen LogP contribution in [0.2, 0.25) is 0 Å². The lowest BCUT2D eigenvalue weighted by atomic mass is 10.1. The average Bonchev–Trinajstić information content (AvgIpc) is 2.81. The van der Waals surface area contributed by atoms with Gasteiger partial charge in [0.05, 0.1) is 17.1 Å². The number of nitrogens with zero attached hydrogens (tertiary/aromatic N) is 1. The highest BCUT2D eigenvalue weighted by atomic mass is 79.9. The summed E-state index contributed by atoms with van der Waals surface area (Å²) in [5.41, 5.74) is 3.85. The predicted molar refractivity (Wildman–Crippen MR) is 99.2 cm³/mol. The smallest absolute Gasteiger partial charge is 0.202 e. The zero-order chi connectivity index (χ0) is 17.9. The standard InChI is InChI=1S/C19H24BrNO3/c1-12-6-7-19(17(20)8-12)24-11-18(22)16-9-13(2)21(15(16)4)14(3)10-23-5/h6-9,14H,10-11H2,1-5H3/t14-/m1/s1. The Bertz CT molecular complexity index is 736. The molecule has 24 heavy (non-hydrogen) atoms. The van der Waals surface area contributed by atoms with Crippen LogP contribution in [0.15, 0.2) is 28.7 Å². The van der Waals surface area contributed by atoms with E-state index in [9.17, 15) is 4.79 Å². The molecule has 1 aromatic carbocycles. The van der Waals surface area contributed by atoms with E-state index in [1.165, 1.54) is 0 Å². The van der Waals surface area contributed by atoms with Crippen molar-refractivity contribution in [2.75, 3.05) is 20.3 Å². The van der Waals surface area contributed by atoms with Crippen molar-refractivity contribution in [2.24, 2.45) is 0 Å². The molecule has 130 valence electrons. The van der Waals surface area contributed by atoms with Crippen LogP contribution in [0.3, 0.4) is 0 Å². The molecule has 0 aliphatic rings. The molecule has 0 spiro atoms. The van der Waals surface area contributed by atoms with Crippen LogP contribution in [0.1, 0.15) is 40.3 Å². The zero-order valence-corrected chi connectivity index (χ0v) is 16.4. The van der Waals surface area contributed by atoms with E-state index in [0.29, 0.717) is 17.9 Å². The number of benzene rings is 1. The second-order valence-electron chi connectivity index (χ2n) is 6.10. The summed E-state index contributed by atoms with van der Waals surface area (Å²) < 4.78 is 13.9. The maximum absolute atomic E-state index is 12.6. The van der Waals surface area contributed by atoms with E-state index in [2.05, 4.69) is 27.4 Å². The van der Waals surface area contributed by atoms with Gasteiger partial charge in [-0.3, -0.25) is 4.79 Å². The fourth-order valence-electron chi connectivity index (χ4n) is 3.00. The van der Waals surface area contributed by atoms with E-state index < -0.39 is 0 Å². The molecule has 0 amide bonds. The zero-order valence-electron chi connectivity index (χ0n) is 14.9. The van der Waals surface area contributed by atoms with Crippen LogP contribution in [0.4, 0.5) is 0 Å². The van der Waals surface area contributed by atoms with Crippen molar-refractivity contribution < 1.29 is 14.3 Å². The van der Waals surface area contributed by atoms with Crippen molar-refractivity contribution in [2.45, 2.75) is 33.7 Å². The first-order valence-corrected chi connectivity index (χ1v) is 8.74. The van der Waals surface area contributed by atoms with Gasteiger partial charge < -0.3 is 14.0 Å². The second-order valence-corrected chi connectivity index (χ2v) is 6.96. The van der Waals surface area contributed by atoms with E-state index in [1.54, 1.807) is 7.11 Å². The summed E-state index contributed by atoms with van der Waals surface area (Å²) >= 11 is 3.47. The van der Waals surface area contributed by atoms with Gasteiger partial charge in [0, 0.05) is 24.1 Å². The molecule has 0 fully saturated rings. The van der Waals surface area contributed by atoms with E-state index in [0.717, 1.165) is 21.4 Å². The molecule has 0 aliphatic carbocycles. The Morgan fingerprint density at radius 2 is 1.96 bits per heavy atom. The fraction of sp³-hybridized carbons (Fsp3) is 0.421. The fourth-order valence-corrected chi connectivity index (χ4v) is 3.61. The summed E-state index contributed by atoms with van der Waals surface area (Å²) in [7, 11) is 1.68. The monoisotopic (exact) mass is 393 g/mol. The van der Waals surface area contributed by atoms with Gasteiger partial charge in [0.25, 0.3) is 0 Å². The number of methoxy groups -OCH3 is 1. The van der Waals surface area contributed by atoms with Crippen molar-refractivity contribution in [3.63, 3.8) is 0 Å². The van der Waals surface area contributed by atoms with Crippen molar-refractivity contribution in [1.82, 2.24) is 4.57 Å². The third-order valence-corrected chi connectivity index (χ3v) is 4.70. The number of Topliss-reactive ketones (excluding diaryl/α,β-unsaturated/α-hetero) is 1. The molecule has 0 N–H and O–H groups in total. The normalized spacial score (nSPS) is 12.2. The summed E-state index contributed by atoms with van der Waals surface area (Å²) in [6, 6.07) is 7.92. The third-order valence-electron chi connectivity index (χ3n) is 4.08. The minimum absolute atomic E-state index is 0.0185. The van der Waals surface area contributed by atoms with Gasteiger partial charge in [0.15, 0.2) is 6.61 Å². The summed E-state index contributed by atoms with van der Waals surface area (Å²) in [5.74, 6) is 0.655. The van der Waals surface area contributed by atoms with Gasteiger partial charge >= 0.3 is 0 Å². The number of aryl methyl sites for hydroxylation is 2. The minimum atomic E-state index is -0.0218. The minimum Gasteiger partial charge on any atom is -0.484 e. The number of hydrogen-bond donors (Lipinski definition) is 0. The van der Waals surface area contributed by atoms with Crippen LogP contribution in [0, 0.1) is 20.8 Å². The third kappa shape index (κ3) is 4.08. The maximum Gasteiger partial charge on any atom is 0.202 e. The molecule has 1 aromatic heterocycles. The highest BCUT2D eigenvalue weighted by molar-refractivity contribution is 9.10. The van der Waals surface area contributed by atoms with Crippen LogP contribution in [0.25, 0.3) is 0 Å². The van der Waals surface area contributed by atoms with Gasteiger partial charge in [-0.25, -0.2) is 0 Å². The van der Waals surface area contributed by atoms with Gasteiger partial charge in [-0.05, 0) is 67.4 Å². The molecule has 0 saturated carbocycles. The molecular formula is C19H24BrNO3. The summed E-state index contributed by atoms with van der Waals surface area (Å²) in [4.78, 5) is 12.6. The summed E-state index contributed by atoms with van der Waals surface area (Å²) in [6.07, 6.45) is 0. The number of hydrogen-bond acceptors (Lipinski definition) is 3. The average molecular weight is 394 g/mol. The van der Waals surface area contributed by atoms with Gasteiger partial charge in [0.2, 0.25) is 5.78 Å². The van der Waals surface area contributed by atoms with E-state index >= 15 is 0 Å². The lowest BCUT2D eigenvalue weighted by Gasteiger charge is -2.17. The Morgan fingerprint density at radius 1 is 1.25 bits per heavy atom. The highest BCUT2D eigenvalue weighted by Crippen LogP contribution is 2.26. The first-order chi connectivity index (χ1) is 11.3. The Morgan fingerprint density at radius 3 is 2.58 bits per heavy atom. The largest absolute Gasteiger partial charge is 0.484 e. The SMILES string of the molecule is COC[C@@H](C)n1c(C)cc(C(=O)COc2ccc(C)cc2Br)c1C. The van der Waals surface area contributed by atoms with E-state index in [1.807, 2.05) is 45.0 Å². The number of aromatic nitrogens is 1. The van der Waals surface area contributed by atoms with Crippen LogP contribution in [-0.4, -0.2) is 30.7 Å². The molecule has 0 bridgehead atoms. The van der Waals surface area contributed by atoms with Crippen LogP contribution < -0.4 is 4.74 Å². The number of ether oxygens (including phenoxy) is 2. The topological polar surface area (TPSA) is 40.5 Å². The van der Waals surface area contributed by atoms with Crippen molar-refractivity contribution >= 4 is 21.7 Å². The van der Waals surface area contributed by atoms with Crippen LogP contribution in [0.5, 0.6) is 5.75 Å². The van der Waals surface area contributed by atoms with Gasteiger partial charge in [0.1, 0.15) is 5.75 Å². The van der Waals surface area contributed by atoms with Crippen molar-refractivity contribution in [3.05, 3.63) is 51.3 Å². The number of rotatable bonds is 7. The van der Waals surface area contributed by atoms with Crippen molar-refractivity contribution in [3.8, 4) is 5.75 Å². The van der Waals surface area contributed by atoms with Gasteiger partial charge in [-0.1, -0.05) is 6.07 Å². The molecular weight excluding hydrogens is 370 g/mol. The molecule has 2 aromatic rings. The highest BCUT2D eigenvalue weighted by Gasteiger charge is 2.19. The molecule has 4 nitrogen and oxygen atoms in total.